The predicted octanol–water partition coefficient (Wildman–Crippen LogP) is 2.09. The van der Waals surface area contributed by atoms with Crippen molar-refractivity contribution in [1.82, 2.24) is 4.31 Å². The highest BCUT2D eigenvalue weighted by molar-refractivity contribution is 7.89. The lowest BCUT2D eigenvalue weighted by Gasteiger charge is -2.25. The minimum atomic E-state index is -3.34. The Morgan fingerprint density at radius 2 is 2.26 bits per heavy atom. The normalized spacial score (nSPS) is 22.8. The number of furan rings is 1. The number of hydrogen-bond donors (Lipinski definition) is 0. The highest BCUT2D eigenvalue weighted by Gasteiger charge is 2.39. The Morgan fingerprint density at radius 3 is 2.84 bits per heavy atom. The van der Waals surface area contributed by atoms with E-state index < -0.39 is 15.3 Å². The average molecular weight is 287 g/mol. The van der Waals surface area contributed by atoms with E-state index in [1.807, 2.05) is 19.1 Å². The van der Waals surface area contributed by atoms with E-state index in [9.17, 15) is 8.42 Å². The van der Waals surface area contributed by atoms with E-state index in [1.54, 1.807) is 11.2 Å². The van der Waals surface area contributed by atoms with E-state index in [0.29, 0.717) is 6.54 Å². The van der Waals surface area contributed by atoms with Crippen LogP contribution in [0.3, 0.4) is 0 Å². The Morgan fingerprint density at radius 1 is 1.53 bits per heavy atom. The van der Waals surface area contributed by atoms with E-state index >= 15 is 0 Å². The molecule has 0 N–H and O–H groups in total. The molecular formula is C13H21NO4S. The van der Waals surface area contributed by atoms with Gasteiger partial charge >= 0.3 is 0 Å². The van der Waals surface area contributed by atoms with Gasteiger partial charge in [0.1, 0.15) is 11.5 Å². The second-order valence-electron chi connectivity index (χ2n) is 5.03. The molecule has 0 unspecified atom stereocenters. The zero-order valence-electron chi connectivity index (χ0n) is 11.6. The van der Waals surface area contributed by atoms with Gasteiger partial charge in [0.25, 0.3) is 0 Å². The van der Waals surface area contributed by atoms with Crippen LogP contribution in [0.25, 0.3) is 0 Å². The summed E-state index contributed by atoms with van der Waals surface area (Å²) >= 11 is 0. The molecule has 0 saturated carbocycles. The van der Waals surface area contributed by atoms with Gasteiger partial charge in [0.2, 0.25) is 10.0 Å². The predicted molar refractivity (Wildman–Crippen MR) is 72.4 cm³/mol. The van der Waals surface area contributed by atoms with Gasteiger partial charge in [0, 0.05) is 13.7 Å². The first-order chi connectivity index (χ1) is 8.96. The van der Waals surface area contributed by atoms with Crippen LogP contribution < -0.4 is 0 Å². The summed E-state index contributed by atoms with van der Waals surface area (Å²) in [6.07, 6.45) is 1.68. The molecule has 1 aliphatic rings. The fourth-order valence-corrected chi connectivity index (χ4v) is 4.23. The lowest BCUT2D eigenvalue weighted by Crippen LogP contribution is -2.38. The van der Waals surface area contributed by atoms with Crippen LogP contribution in [0.15, 0.2) is 16.5 Å². The van der Waals surface area contributed by atoms with Crippen LogP contribution in [0.1, 0.15) is 37.3 Å². The third-order valence-corrected chi connectivity index (χ3v) is 5.77. The largest absolute Gasteiger partial charge is 0.465 e. The minimum Gasteiger partial charge on any atom is -0.465 e. The van der Waals surface area contributed by atoms with Crippen molar-refractivity contribution < 1.29 is 17.6 Å². The molecule has 0 aliphatic carbocycles. The molecule has 0 bridgehead atoms. The van der Waals surface area contributed by atoms with Gasteiger partial charge < -0.3 is 9.15 Å². The fraction of sp³-hybridized carbons (Fsp3) is 0.692. The highest BCUT2D eigenvalue weighted by atomic mass is 32.2. The van der Waals surface area contributed by atoms with Gasteiger partial charge in [-0.3, -0.25) is 0 Å². The number of aryl methyl sites for hydroxylation is 1. The van der Waals surface area contributed by atoms with Crippen molar-refractivity contribution in [2.45, 2.75) is 38.0 Å². The SMILES string of the molecule is COC[C@@H](C)S(=O)(=O)N1CCC[C@H]1c1ccc(C)o1. The molecule has 108 valence electrons. The summed E-state index contributed by atoms with van der Waals surface area (Å²) in [5.74, 6) is 1.55. The maximum atomic E-state index is 12.5. The summed E-state index contributed by atoms with van der Waals surface area (Å²) in [4.78, 5) is 0. The molecule has 1 aliphatic heterocycles. The zero-order valence-corrected chi connectivity index (χ0v) is 12.4. The second kappa shape index (κ2) is 5.64. The summed E-state index contributed by atoms with van der Waals surface area (Å²) in [6, 6.07) is 3.57. The Hall–Kier alpha value is -0.850. The molecule has 2 atom stereocenters. The van der Waals surface area contributed by atoms with Gasteiger partial charge in [-0.2, -0.15) is 4.31 Å². The quantitative estimate of drug-likeness (QED) is 0.832. The van der Waals surface area contributed by atoms with Crippen LogP contribution in [0.4, 0.5) is 0 Å². The van der Waals surface area contributed by atoms with Gasteiger partial charge in [0.05, 0.1) is 17.9 Å². The van der Waals surface area contributed by atoms with E-state index in [0.717, 1.165) is 24.4 Å². The van der Waals surface area contributed by atoms with Gasteiger partial charge in [-0.15, -0.1) is 0 Å². The summed E-state index contributed by atoms with van der Waals surface area (Å²) in [7, 11) is -1.82. The summed E-state index contributed by atoms with van der Waals surface area (Å²) in [5.41, 5.74) is 0. The van der Waals surface area contributed by atoms with E-state index in [2.05, 4.69) is 0 Å². The van der Waals surface area contributed by atoms with Crippen LogP contribution in [0.5, 0.6) is 0 Å². The van der Waals surface area contributed by atoms with Crippen molar-refractivity contribution in [3.63, 3.8) is 0 Å². The molecule has 1 aromatic rings. The van der Waals surface area contributed by atoms with Gasteiger partial charge in [-0.25, -0.2) is 8.42 Å². The maximum absolute atomic E-state index is 12.5. The first-order valence-corrected chi connectivity index (χ1v) is 8.03. The summed E-state index contributed by atoms with van der Waals surface area (Å²) in [5, 5.41) is -0.533. The van der Waals surface area contributed by atoms with Crippen LogP contribution in [0.2, 0.25) is 0 Å². The first kappa shape index (κ1) is 14.6. The van der Waals surface area contributed by atoms with Crippen LogP contribution in [-0.2, 0) is 14.8 Å². The molecule has 0 radical (unpaired) electrons. The first-order valence-electron chi connectivity index (χ1n) is 6.52. The van der Waals surface area contributed by atoms with E-state index in [4.69, 9.17) is 9.15 Å². The molecule has 5 nitrogen and oxygen atoms in total. The summed E-state index contributed by atoms with van der Waals surface area (Å²) < 4.78 is 37.2. The van der Waals surface area contributed by atoms with E-state index in [-0.39, 0.29) is 12.6 Å². The standard InChI is InChI=1S/C13H21NO4S/c1-10-6-7-13(18-10)12-5-4-8-14(12)19(15,16)11(2)9-17-3/h6-7,11-12H,4-5,8-9H2,1-3H3/t11-,12+/m1/s1. The molecule has 1 fully saturated rings. The fourth-order valence-electron chi connectivity index (χ4n) is 2.51. The van der Waals surface area contributed by atoms with Crippen molar-refractivity contribution >= 4 is 10.0 Å². The van der Waals surface area contributed by atoms with Crippen LogP contribution in [0, 0.1) is 6.92 Å². The highest BCUT2D eigenvalue weighted by Crippen LogP contribution is 2.36. The lowest BCUT2D eigenvalue weighted by molar-refractivity contribution is 0.197. The Labute approximate surface area is 114 Å². The molecule has 1 aromatic heterocycles. The van der Waals surface area contributed by atoms with Crippen molar-refractivity contribution in [1.29, 1.82) is 0 Å². The zero-order chi connectivity index (χ0) is 14.0. The average Bonchev–Trinajstić information content (AvgIpc) is 2.97. The van der Waals surface area contributed by atoms with Crippen molar-refractivity contribution in [3.05, 3.63) is 23.7 Å². The Balaban J connectivity index is 2.23. The minimum absolute atomic E-state index is 0.169. The number of nitrogens with zero attached hydrogens (tertiary/aromatic N) is 1. The van der Waals surface area contributed by atoms with Crippen molar-refractivity contribution in [3.8, 4) is 0 Å². The van der Waals surface area contributed by atoms with Crippen molar-refractivity contribution in [2.75, 3.05) is 20.3 Å². The molecule has 2 rings (SSSR count). The third kappa shape index (κ3) is 2.85. The molecule has 19 heavy (non-hydrogen) atoms. The molecule has 0 spiro atoms. The lowest BCUT2D eigenvalue weighted by atomic mass is 10.2. The number of ether oxygens (including phenoxy) is 1. The molecule has 2 heterocycles. The number of rotatable bonds is 5. The number of methoxy groups -OCH3 is 1. The number of sulfonamides is 1. The topological polar surface area (TPSA) is 59.8 Å². The van der Waals surface area contributed by atoms with Gasteiger partial charge in [0.15, 0.2) is 0 Å². The van der Waals surface area contributed by atoms with Crippen LogP contribution in [-0.4, -0.2) is 38.2 Å². The molecule has 0 amide bonds. The maximum Gasteiger partial charge on any atom is 0.219 e. The molecule has 0 aromatic carbocycles. The summed E-state index contributed by atoms with van der Waals surface area (Å²) in [6.45, 7) is 4.32. The van der Waals surface area contributed by atoms with E-state index in [1.165, 1.54) is 7.11 Å². The second-order valence-corrected chi connectivity index (χ2v) is 7.33. The molecule has 6 heteroatoms. The van der Waals surface area contributed by atoms with Crippen LogP contribution >= 0.6 is 0 Å². The smallest absolute Gasteiger partial charge is 0.219 e. The third-order valence-electron chi connectivity index (χ3n) is 3.53. The Kier molecular flexibility index (Phi) is 4.32. The van der Waals surface area contributed by atoms with Crippen molar-refractivity contribution in [2.24, 2.45) is 0 Å². The van der Waals surface area contributed by atoms with Gasteiger partial charge in [-0.1, -0.05) is 0 Å². The molecule has 1 saturated heterocycles. The molecular weight excluding hydrogens is 266 g/mol. The Bertz CT molecular complexity index is 523. The number of hydrogen-bond acceptors (Lipinski definition) is 4. The van der Waals surface area contributed by atoms with Gasteiger partial charge in [-0.05, 0) is 38.8 Å². The monoisotopic (exact) mass is 287 g/mol.